The van der Waals surface area contributed by atoms with E-state index in [-0.39, 0.29) is 10.0 Å². The van der Waals surface area contributed by atoms with Crippen molar-refractivity contribution in [1.29, 1.82) is 0 Å². The van der Waals surface area contributed by atoms with Gasteiger partial charge in [0, 0.05) is 12.6 Å². The number of benzene rings is 2. The Balaban J connectivity index is 1.97. The molecule has 0 radical (unpaired) electrons. The lowest BCUT2D eigenvalue weighted by atomic mass is 10.1. The van der Waals surface area contributed by atoms with E-state index >= 15 is 0 Å². The maximum atomic E-state index is 13.3. The van der Waals surface area contributed by atoms with E-state index in [2.05, 4.69) is 10.2 Å². The molecule has 0 spiro atoms. The van der Waals surface area contributed by atoms with Gasteiger partial charge >= 0.3 is 0 Å². The zero-order chi connectivity index (χ0) is 19.1. The first-order chi connectivity index (χ1) is 12.2. The van der Waals surface area contributed by atoms with Crippen molar-refractivity contribution in [2.75, 3.05) is 0 Å². The van der Waals surface area contributed by atoms with Crippen LogP contribution in [0.3, 0.4) is 0 Å². The molecule has 0 aliphatic heterocycles. The van der Waals surface area contributed by atoms with Gasteiger partial charge in [-0.25, -0.2) is 8.78 Å². The Morgan fingerprint density at radius 3 is 2.19 bits per heavy atom. The van der Waals surface area contributed by atoms with Crippen LogP contribution in [-0.4, -0.2) is 14.8 Å². The second-order valence-corrected chi connectivity index (χ2v) is 7.03. The molecule has 26 heavy (non-hydrogen) atoms. The SMILES string of the molecule is Cn1c(-c2ccc(F)cc2Cl)nnc1C(C)(C)Oc1ccc(F)cc1Cl. The lowest BCUT2D eigenvalue weighted by Crippen LogP contribution is -2.29. The first-order valence-corrected chi connectivity index (χ1v) is 8.44. The minimum absolute atomic E-state index is 0.155. The number of rotatable bonds is 4. The monoisotopic (exact) mass is 397 g/mol. The predicted molar refractivity (Wildman–Crippen MR) is 96.5 cm³/mol. The molecule has 1 heterocycles. The summed E-state index contributed by atoms with van der Waals surface area (Å²) in [5.74, 6) is 0.394. The van der Waals surface area contributed by atoms with Gasteiger partial charge in [-0.15, -0.1) is 10.2 Å². The van der Waals surface area contributed by atoms with Crippen LogP contribution in [0.5, 0.6) is 5.75 Å². The lowest BCUT2D eigenvalue weighted by molar-refractivity contribution is 0.0950. The summed E-state index contributed by atoms with van der Waals surface area (Å²) in [7, 11) is 1.75. The molecule has 3 rings (SSSR count). The van der Waals surface area contributed by atoms with Crippen LogP contribution in [0.2, 0.25) is 10.0 Å². The highest BCUT2D eigenvalue weighted by Crippen LogP contribution is 2.34. The molecule has 136 valence electrons. The smallest absolute Gasteiger partial charge is 0.176 e. The molecular weight excluding hydrogens is 383 g/mol. The second kappa shape index (κ2) is 6.85. The van der Waals surface area contributed by atoms with Gasteiger partial charge in [-0.05, 0) is 50.2 Å². The van der Waals surface area contributed by atoms with Crippen molar-refractivity contribution in [1.82, 2.24) is 14.8 Å². The van der Waals surface area contributed by atoms with E-state index in [0.29, 0.717) is 23.0 Å². The molecule has 0 unspecified atom stereocenters. The highest BCUT2D eigenvalue weighted by atomic mass is 35.5. The third-order valence-electron chi connectivity index (χ3n) is 3.84. The fourth-order valence-electron chi connectivity index (χ4n) is 2.64. The van der Waals surface area contributed by atoms with Crippen molar-refractivity contribution in [2.24, 2.45) is 7.05 Å². The van der Waals surface area contributed by atoms with Gasteiger partial charge in [0.15, 0.2) is 17.2 Å². The van der Waals surface area contributed by atoms with E-state index in [9.17, 15) is 8.78 Å². The first kappa shape index (κ1) is 18.6. The van der Waals surface area contributed by atoms with Gasteiger partial charge in [-0.1, -0.05) is 23.2 Å². The van der Waals surface area contributed by atoms with Crippen LogP contribution < -0.4 is 4.74 Å². The lowest BCUT2D eigenvalue weighted by Gasteiger charge is -2.26. The van der Waals surface area contributed by atoms with E-state index in [1.165, 1.54) is 36.4 Å². The molecule has 1 aromatic heterocycles. The Labute approximate surface area is 159 Å². The first-order valence-electron chi connectivity index (χ1n) is 7.68. The van der Waals surface area contributed by atoms with Crippen LogP contribution in [0.25, 0.3) is 11.4 Å². The third kappa shape index (κ3) is 3.52. The zero-order valence-electron chi connectivity index (χ0n) is 14.2. The summed E-state index contributed by atoms with van der Waals surface area (Å²) < 4.78 is 34.1. The Hall–Kier alpha value is -2.18. The van der Waals surface area contributed by atoms with Crippen LogP contribution >= 0.6 is 23.2 Å². The highest BCUT2D eigenvalue weighted by molar-refractivity contribution is 6.33. The summed E-state index contributed by atoms with van der Waals surface area (Å²) in [5, 5.41) is 8.73. The number of aromatic nitrogens is 3. The number of hydrogen-bond donors (Lipinski definition) is 0. The summed E-state index contributed by atoms with van der Waals surface area (Å²) >= 11 is 12.2. The molecule has 0 fully saturated rings. The molecule has 0 amide bonds. The second-order valence-electron chi connectivity index (χ2n) is 6.22. The van der Waals surface area contributed by atoms with Crippen molar-refractivity contribution < 1.29 is 13.5 Å². The Morgan fingerprint density at radius 1 is 0.962 bits per heavy atom. The summed E-state index contributed by atoms with van der Waals surface area (Å²) in [4.78, 5) is 0. The van der Waals surface area contributed by atoms with Crippen LogP contribution in [-0.2, 0) is 12.6 Å². The van der Waals surface area contributed by atoms with Crippen molar-refractivity contribution in [3.05, 3.63) is 63.9 Å². The van der Waals surface area contributed by atoms with Crippen LogP contribution in [0.15, 0.2) is 36.4 Å². The highest BCUT2D eigenvalue weighted by Gasteiger charge is 2.31. The molecule has 0 bridgehead atoms. The van der Waals surface area contributed by atoms with Gasteiger partial charge in [-0.2, -0.15) is 0 Å². The number of hydrogen-bond acceptors (Lipinski definition) is 3. The van der Waals surface area contributed by atoms with Crippen molar-refractivity contribution in [3.8, 4) is 17.1 Å². The molecule has 2 aromatic carbocycles. The number of nitrogens with zero attached hydrogens (tertiary/aromatic N) is 3. The average Bonchev–Trinajstić information content (AvgIpc) is 2.92. The maximum Gasteiger partial charge on any atom is 0.176 e. The Morgan fingerprint density at radius 2 is 1.58 bits per heavy atom. The summed E-state index contributed by atoms with van der Waals surface area (Å²) in [6, 6.07) is 7.94. The van der Waals surface area contributed by atoms with Crippen LogP contribution in [0, 0.1) is 11.6 Å². The minimum atomic E-state index is -0.923. The van der Waals surface area contributed by atoms with Gasteiger partial charge in [0.1, 0.15) is 17.4 Å². The summed E-state index contributed by atoms with van der Waals surface area (Å²) in [5.41, 5.74) is -0.376. The van der Waals surface area contributed by atoms with E-state index < -0.39 is 17.2 Å². The third-order valence-corrected chi connectivity index (χ3v) is 4.45. The average molecular weight is 398 g/mol. The standard InChI is InChI=1S/C18H15Cl2F2N3O/c1-18(2,26-15-7-5-11(22)9-14(15)20)17-24-23-16(25(17)3)12-6-4-10(21)8-13(12)19/h4-9H,1-3H3. The molecule has 0 saturated heterocycles. The topological polar surface area (TPSA) is 39.9 Å². The van der Waals surface area contributed by atoms with Gasteiger partial charge in [-0.3, -0.25) is 0 Å². The zero-order valence-corrected chi connectivity index (χ0v) is 15.7. The van der Waals surface area contributed by atoms with Gasteiger partial charge < -0.3 is 9.30 Å². The number of ether oxygens (including phenoxy) is 1. The van der Waals surface area contributed by atoms with E-state index in [1.54, 1.807) is 25.5 Å². The molecule has 0 aliphatic rings. The fourth-order valence-corrected chi connectivity index (χ4v) is 3.09. The molecule has 0 saturated carbocycles. The molecular formula is C18H15Cl2F2N3O. The number of halogens is 4. The molecule has 4 nitrogen and oxygen atoms in total. The van der Waals surface area contributed by atoms with Gasteiger partial charge in [0.25, 0.3) is 0 Å². The Bertz CT molecular complexity index is 973. The van der Waals surface area contributed by atoms with E-state index in [1.807, 2.05) is 0 Å². The van der Waals surface area contributed by atoms with Crippen LogP contribution in [0.1, 0.15) is 19.7 Å². The molecule has 3 aromatic rings. The molecule has 0 N–H and O–H groups in total. The molecule has 8 heteroatoms. The molecule has 0 atom stereocenters. The van der Waals surface area contributed by atoms with E-state index in [4.69, 9.17) is 27.9 Å². The normalized spacial score (nSPS) is 11.7. The van der Waals surface area contributed by atoms with Crippen molar-refractivity contribution in [2.45, 2.75) is 19.4 Å². The van der Waals surface area contributed by atoms with Crippen molar-refractivity contribution in [3.63, 3.8) is 0 Å². The molecule has 0 aliphatic carbocycles. The van der Waals surface area contributed by atoms with Crippen molar-refractivity contribution >= 4 is 23.2 Å². The predicted octanol–water partition coefficient (Wildman–Crippen LogP) is 5.38. The maximum absolute atomic E-state index is 13.3. The quantitative estimate of drug-likeness (QED) is 0.592. The van der Waals surface area contributed by atoms with Gasteiger partial charge in [0.2, 0.25) is 0 Å². The summed E-state index contributed by atoms with van der Waals surface area (Å²) in [6.45, 7) is 3.57. The van der Waals surface area contributed by atoms with Gasteiger partial charge in [0.05, 0.1) is 10.0 Å². The fraction of sp³-hybridized carbons (Fsp3) is 0.222. The Kier molecular flexibility index (Phi) is 4.90. The minimum Gasteiger partial charge on any atom is -0.478 e. The van der Waals surface area contributed by atoms with E-state index in [0.717, 1.165) is 0 Å². The largest absolute Gasteiger partial charge is 0.478 e. The summed E-state index contributed by atoms with van der Waals surface area (Å²) in [6.07, 6.45) is 0. The van der Waals surface area contributed by atoms with Crippen LogP contribution in [0.4, 0.5) is 8.78 Å².